The molecule has 1 aliphatic rings. The lowest BCUT2D eigenvalue weighted by Crippen LogP contribution is -2.34. The minimum Gasteiger partial charge on any atom is -0.478 e. The van der Waals surface area contributed by atoms with Gasteiger partial charge in [0.25, 0.3) is 5.91 Å². The highest BCUT2D eigenvalue weighted by atomic mass is 19.4. The van der Waals surface area contributed by atoms with Gasteiger partial charge in [-0.1, -0.05) is 24.3 Å². The number of nitrogens with one attached hydrogen (secondary N) is 2. The highest BCUT2D eigenvalue weighted by molar-refractivity contribution is 6.09. The molecular formula is C26H19F3N2O4. The Morgan fingerprint density at radius 1 is 1.00 bits per heavy atom. The average molecular weight is 480 g/mol. The van der Waals surface area contributed by atoms with Crippen molar-refractivity contribution in [3.05, 3.63) is 95.2 Å². The molecule has 4 aromatic rings. The van der Waals surface area contributed by atoms with Crippen LogP contribution in [0.3, 0.4) is 0 Å². The number of alkyl halides is 3. The molecule has 3 aromatic carbocycles. The van der Waals surface area contributed by atoms with Crippen molar-refractivity contribution in [2.24, 2.45) is 0 Å². The summed E-state index contributed by atoms with van der Waals surface area (Å²) in [7, 11) is 0. The Morgan fingerprint density at radius 3 is 2.37 bits per heavy atom. The smallest absolute Gasteiger partial charge is 0.416 e. The summed E-state index contributed by atoms with van der Waals surface area (Å²) in [5.41, 5.74) is 0.402. The minimum absolute atomic E-state index is 0.00272. The molecule has 0 saturated heterocycles. The van der Waals surface area contributed by atoms with Gasteiger partial charge in [-0.25, -0.2) is 4.79 Å². The number of hydrogen-bond acceptors (Lipinski definition) is 3. The molecule has 0 bridgehead atoms. The molecule has 1 aromatic heterocycles. The van der Waals surface area contributed by atoms with Gasteiger partial charge in [0, 0.05) is 11.7 Å². The molecule has 0 aliphatic heterocycles. The van der Waals surface area contributed by atoms with E-state index in [0.717, 1.165) is 17.7 Å². The highest BCUT2D eigenvalue weighted by Gasteiger charge is 2.46. The number of aromatic amines is 1. The minimum atomic E-state index is -4.51. The second kappa shape index (κ2) is 8.19. The predicted molar refractivity (Wildman–Crippen MR) is 122 cm³/mol. The van der Waals surface area contributed by atoms with E-state index in [1.54, 1.807) is 30.3 Å². The Hall–Kier alpha value is -4.27. The average Bonchev–Trinajstić information content (AvgIpc) is 3.47. The molecule has 5 rings (SSSR count). The third kappa shape index (κ3) is 4.32. The summed E-state index contributed by atoms with van der Waals surface area (Å²) in [6.07, 6.45) is -1.59. The monoisotopic (exact) mass is 480 g/mol. The van der Waals surface area contributed by atoms with Crippen molar-refractivity contribution in [2.45, 2.75) is 24.6 Å². The third-order valence-corrected chi connectivity index (χ3v) is 6.09. The number of fused-ring (bicyclic) bond motifs is 1. The fourth-order valence-corrected chi connectivity index (χ4v) is 4.11. The molecule has 0 radical (unpaired) electrons. The van der Waals surface area contributed by atoms with E-state index in [2.05, 4.69) is 10.3 Å². The Labute approximate surface area is 197 Å². The molecular weight excluding hydrogens is 461 g/mol. The molecule has 1 amide bonds. The first-order valence-electron chi connectivity index (χ1n) is 10.8. The number of carboxylic acid groups (broad SMARTS) is 1. The number of benzene rings is 3. The zero-order chi connectivity index (χ0) is 24.8. The van der Waals surface area contributed by atoms with Crippen molar-refractivity contribution in [1.82, 2.24) is 10.3 Å². The van der Waals surface area contributed by atoms with Gasteiger partial charge in [-0.2, -0.15) is 13.2 Å². The molecule has 178 valence electrons. The fourth-order valence-electron chi connectivity index (χ4n) is 4.11. The number of rotatable bonds is 6. The SMILES string of the molecule is O=C(O)c1ccc(C2(NC(=O)c3c[nH]c4cccc(Oc5cccc(C(F)(F)F)c5)c34)CC2)cc1. The van der Waals surface area contributed by atoms with Gasteiger partial charge in [-0.05, 0) is 60.9 Å². The first-order chi connectivity index (χ1) is 16.7. The Morgan fingerprint density at radius 2 is 1.71 bits per heavy atom. The van der Waals surface area contributed by atoms with E-state index in [-0.39, 0.29) is 28.5 Å². The summed E-state index contributed by atoms with van der Waals surface area (Å²) in [4.78, 5) is 27.4. The molecule has 0 unspecified atom stereocenters. The first kappa shape index (κ1) is 22.5. The second-order valence-electron chi connectivity index (χ2n) is 8.43. The first-order valence-corrected chi connectivity index (χ1v) is 10.8. The van der Waals surface area contributed by atoms with E-state index in [4.69, 9.17) is 9.84 Å². The van der Waals surface area contributed by atoms with Crippen LogP contribution < -0.4 is 10.1 Å². The lowest BCUT2D eigenvalue weighted by molar-refractivity contribution is -0.137. The fraction of sp³-hybridized carbons (Fsp3) is 0.154. The molecule has 6 nitrogen and oxygen atoms in total. The standard InChI is InChI=1S/C26H19F3N2O4/c27-26(28,29)17-3-1-4-18(13-17)35-21-6-2-5-20-22(21)19(14-30-20)23(32)31-25(11-12-25)16-9-7-15(8-10-16)24(33)34/h1-10,13-14,30H,11-12H2,(H,31,32)(H,33,34). The van der Waals surface area contributed by atoms with Crippen LogP contribution in [0.5, 0.6) is 11.5 Å². The van der Waals surface area contributed by atoms with E-state index in [1.807, 2.05) is 0 Å². The van der Waals surface area contributed by atoms with E-state index in [0.29, 0.717) is 23.7 Å². The van der Waals surface area contributed by atoms with Gasteiger partial charge in [0.1, 0.15) is 11.5 Å². The summed E-state index contributed by atoms with van der Waals surface area (Å²) < 4.78 is 45.1. The highest BCUT2D eigenvalue weighted by Crippen LogP contribution is 2.46. The van der Waals surface area contributed by atoms with E-state index in [1.165, 1.54) is 30.5 Å². The largest absolute Gasteiger partial charge is 0.478 e. The van der Waals surface area contributed by atoms with Crippen LogP contribution in [-0.2, 0) is 11.7 Å². The Balaban J connectivity index is 1.44. The Bertz CT molecular complexity index is 1440. The van der Waals surface area contributed by atoms with Crippen LogP contribution in [0, 0.1) is 0 Å². The lowest BCUT2D eigenvalue weighted by atomic mass is 10.0. The zero-order valence-corrected chi connectivity index (χ0v) is 18.1. The number of ether oxygens (including phenoxy) is 1. The molecule has 3 N–H and O–H groups in total. The zero-order valence-electron chi connectivity index (χ0n) is 18.1. The van der Waals surface area contributed by atoms with Gasteiger partial charge in [0.15, 0.2) is 0 Å². The van der Waals surface area contributed by atoms with Gasteiger partial charge in [-0.3, -0.25) is 4.79 Å². The Kier molecular flexibility index (Phi) is 5.27. The number of carbonyl (C=O) groups excluding carboxylic acids is 1. The van der Waals surface area contributed by atoms with Crippen molar-refractivity contribution < 1.29 is 32.6 Å². The van der Waals surface area contributed by atoms with Crippen molar-refractivity contribution in [3.8, 4) is 11.5 Å². The maximum absolute atomic E-state index is 13.3. The number of carbonyl (C=O) groups is 2. The summed E-state index contributed by atoms with van der Waals surface area (Å²) in [5, 5.41) is 12.6. The quantitative estimate of drug-likeness (QED) is 0.311. The molecule has 1 heterocycles. The number of halogens is 3. The summed E-state index contributed by atoms with van der Waals surface area (Å²) >= 11 is 0. The van der Waals surface area contributed by atoms with Crippen LogP contribution in [0.2, 0.25) is 0 Å². The van der Waals surface area contributed by atoms with Crippen LogP contribution in [0.1, 0.15) is 44.7 Å². The normalized spacial score (nSPS) is 14.5. The van der Waals surface area contributed by atoms with E-state index < -0.39 is 23.2 Å². The van der Waals surface area contributed by atoms with Crippen molar-refractivity contribution in [3.63, 3.8) is 0 Å². The number of H-pyrrole nitrogens is 1. The summed E-state index contributed by atoms with van der Waals surface area (Å²) in [6, 6.07) is 15.9. The lowest BCUT2D eigenvalue weighted by Gasteiger charge is -2.18. The maximum atomic E-state index is 13.3. The number of aromatic carboxylic acids is 1. The van der Waals surface area contributed by atoms with Gasteiger partial charge in [0.2, 0.25) is 0 Å². The number of aromatic nitrogens is 1. The maximum Gasteiger partial charge on any atom is 0.416 e. The summed E-state index contributed by atoms with van der Waals surface area (Å²) in [6.45, 7) is 0. The van der Waals surface area contributed by atoms with Crippen LogP contribution in [0.4, 0.5) is 13.2 Å². The number of hydrogen-bond donors (Lipinski definition) is 3. The molecule has 0 spiro atoms. The van der Waals surface area contributed by atoms with Crippen LogP contribution in [-0.4, -0.2) is 22.0 Å². The van der Waals surface area contributed by atoms with Crippen molar-refractivity contribution >= 4 is 22.8 Å². The van der Waals surface area contributed by atoms with Crippen LogP contribution in [0.25, 0.3) is 10.9 Å². The van der Waals surface area contributed by atoms with Crippen molar-refractivity contribution in [1.29, 1.82) is 0 Å². The predicted octanol–water partition coefficient (Wildman–Crippen LogP) is 6.10. The molecule has 1 saturated carbocycles. The number of amides is 1. The van der Waals surface area contributed by atoms with E-state index in [9.17, 15) is 22.8 Å². The molecule has 1 fully saturated rings. The molecule has 35 heavy (non-hydrogen) atoms. The third-order valence-electron chi connectivity index (χ3n) is 6.09. The van der Waals surface area contributed by atoms with Gasteiger partial charge < -0.3 is 20.1 Å². The van der Waals surface area contributed by atoms with Crippen LogP contribution in [0.15, 0.2) is 72.9 Å². The van der Waals surface area contributed by atoms with Gasteiger partial charge in [0.05, 0.1) is 27.6 Å². The van der Waals surface area contributed by atoms with Gasteiger partial charge in [-0.15, -0.1) is 0 Å². The molecule has 9 heteroatoms. The van der Waals surface area contributed by atoms with E-state index >= 15 is 0 Å². The van der Waals surface area contributed by atoms with Crippen LogP contribution >= 0.6 is 0 Å². The summed E-state index contributed by atoms with van der Waals surface area (Å²) in [5.74, 6) is -1.17. The second-order valence-corrected chi connectivity index (χ2v) is 8.43. The topological polar surface area (TPSA) is 91.4 Å². The van der Waals surface area contributed by atoms with Gasteiger partial charge >= 0.3 is 12.1 Å². The molecule has 0 atom stereocenters. The van der Waals surface area contributed by atoms with Crippen molar-refractivity contribution in [2.75, 3.05) is 0 Å². The molecule has 1 aliphatic carbocycles. The number of carboxylic acids is 1.